The second-order valence-corrected chi connectivity index (χ2v) is 11.3. The van der Waals surface area contributed by atoms with Gasteiger partial charge in [0.05, 0.1) is 37.2 Å². The highest BCUT2D eigenvalue weighted by Crippen LogP contribution is 2.60. The molecule has 3 saturated heterocycles. The van der Waals surface area contributed by atoms with Gasteiger partial charge >= 0.3 is 5.97 Å². The van der Waals surface area contributed by atoms with Crippen molar-refractivity contribution in [2.75, 3.05) is 26.3 Å². The first kappa shape index (κ1) is 27.8. The fourth-order valence-electron chi connectivity index (χ4n) is 6.35. The number of likely N-dealkylation sites (tertiary alicyclic amines) is 1. The van der Waals surface area contributed by atoms with Crippen molar-refractivity contribution in [2.24, 2.45) is 11.8 Å². The number of unbranched alkanes of at least 4 members (excludes halogenated alkanes) is 1. The maximum Gasteiger partial charge on any atom is 0.312 e. The summed E-state index contributed by atoms with van der Waals surface area (Å²) in [5, 5.41) is 10.5. The van der Waals surface area contributed by atoms with E-state index in [4.69, 9.17) is 9.47 Å². The second kappa shape index (κ2) is 11.7. The molecule has 1 N–H and O–H groups in total. The van der Waals surface area contributed by atoms with Crippen molar-refractivity contribution in [1.29, 1.82) is 0 Å². The van der Waals surface area contributed by atoms with Crippen LogP contribution in [0.4, 0.5) is 0 Å². The molecule has 2 amide bonds. The van der Waals surface area contributed by atoms with E-state index in [1.165, 1.54) is 4.90 Å². The molecule has 1 aromatic carbocycles. The summed E-state index contributed by atoms with van der Waals surface area (Å²) in [5.74, 6) is -2.71. The molecule has 9 heteroatoms. The first-order valence-corrected chi connectivity index (χ1v) is 14.1. The monoisotopic (exact) mass is 576 g/mol. The first-order chi connectivity index (χ1) is 17.8. The predicted molar refractivity (Wildman–Crippen MR) is 142 cm³/mol. The van der Waals surface area contributed by atoms with Crippen LogP contribution in [0, 0.1) is 11.8 Å². The number of ether oxygens (including phenoxy) is 2. The minimum Gasteiger partial charge on any atom is -0.466 e. The van der Waals surface area contributed by atoms with Crippen LogP contribution in [0.3, 0.4) is 0 Å². The van der Waals surface area contributed by atoms with Gasteiger partial charge in [-0.3, -0.25) is 14.4 Å². The summed E-state index contributed by atoms with van der Waals surface area (Å²) in [7, 11) is 0. The highest BCUT2D eigenvalue weighted by atomic mass is 79.9. The van der Waals surface area contributed by atoms with Crippen LogP contribution in [0.2, 0.25) is 0 Å². The van der Waals surface area contributed by atoms with Crippen LogP contribution in [0.25, 0.3) is 0 Å². The van der Waals surface area contributed by atoms with Gasteiger partial charge in [0, 0.05) is 17.9 Å². The molecule has 0 aromatic heterocycles. The van der Waals surface area contributed by atoms with Crippen molar-refractivity contribution in [3.05, 3.63) is 48.6 Å². The van der Waals surface area contributed by atoms with Crippen LogP contribution in [0.15, 0.2) is 43.0 Å². The molecule has 7 atom stereocenters. The molecule has 1 spiro atoms. The minimum atomic E-state index is -1.18. The van der Waals surface area contributed by atoms with Crippen molar-refractivity contribution in [3.63, 3.8) is 0 Å². The number of rotatable bonds is 12. The lowest BCUT2D eigenvalue weighted by Crippen LogP contribution is -2.59. The summed E-state index contributed by atoms with van der Waals surface area (Å²) < 4.78 is 11.9. The Morgan fingerprint density at radius 2 is 2.08 bits per heavy atom. The number of alkyl halides is 1. The van der Waals surface area contributed by atoms with Crippen LogP contribution >= 0.6 is 15.9 Å². The molecule has 202 valence electrons. The molecule has 3 heterocycles. The van der Waals surface area contributed by atoms with Crippen molar-refractivity contribution >= 4 is 33.7 Å². The number of aliphatic hydroxyl groups excluding tert-OH is 1. The molecule has 0 aliphatic carbocycles. The number of esters is 1. The zero-order valence-electron chi connectivity index (χ0n) is 21.6. The van der Waals surface area contributed by atoms with Crippen LogP contribution in [-0.2, 0) is 30.3 Å². The van der Waals surface area contributed by atoms with E-state index >= 15 is 0 Å². The number of nitrogens with zero attached hydrogens (tertiary/aromatic N) is 2. The number of aliphatic hydroxyl groups is 1. The Balaban J connectivity index is 1.79. The lowest BCUT2D eigenvalue weighted by Gasteiger charge is -2.39. The zero-order valence-corrected chi connectivity index (χ0v) is 23.1. The molecule has 37 heavy (non-hydrogen) atoms. The lowest BCUT2D eigenvalue weighted by atomic mass is 9.70. The molecule has 3 aliphatic heterocycles. The summed E-state index contributed by atoms with van der Waals surface area (Å²) >= 11 is 3.67. The van der Waals surface area contributed by atoms with Gasteiger partial charge in [-0.05, 0) is 31.7 Å². The van der Waals surface area contributed by atoms with E-state index in [-0.39, 0.29) is 29.9 Å². The van der Waals surface area contributed by atoms with E-state index in [9.17, 15) is 19.5 Å². The third-order valence-corrected chi connectivity index (χ3v) is 8.73. The van der Waals surface area contributed by atoms with Crippen molar-refractivity contribution in [2.45, 2.75) is 68.1 Å². The van der Waals surface area contributed by atoms with E-state index in [1.807, 2.05) is 30.3 Å². The number of carbonyl (C=O) groups excluding carboxylic acids is 3. The van der Waals surface area contributed by atoms with Gasteiger partial charge in [0.15, 0.2) is 0 Å². The number of amides is 2. The van der Waals surface area contributed by atoms with Crippen LogP contribution in [-0.4, -0.2) is 87.6 Å². The standard InChI is InChI=1S/C28H37BrN2O6/c1-4-7-14-30(13-5-2)26(34)24-28-16-20(29)23(37-28)21(27(35)36-6-3)22(28)25(33)31(24)19(17-32)15-18-11-9-8-10-12-18/h5,8-12,19-24,32H,2,4,6-7,13-17H2,1,3H3/t19-,20?,21+,22+,23+,24?,28?/m1/s1. The first-order valence-electron chi connectivity index (χ1n) is 13.2. The van der Waals surface area contributed by atoms with Crippen LogP contribution in [0.1, 0.15) is 38.7 Å². The quantitative estimate of drug-likeness (QED) is 0.233. The summed E-state index contributed by atoms with van der Waals surface area (Å²) in [6.45, 7) is 8.32. The fraction of sp³-hybridized carbons (Fsp3) is 0.607. The third-order valence-electron chi connectivity index (χ3n) is 7.88. The average Bonchev–Trinajstić information content (AvgIpc) is 3.49. The molecular weight excluding hydrogens is 540 g/mol. The van der Waals surface area contributed by atoms with Gasteiger partial charge < -0.3 is 24.4 Å². The Bertz CT molecular complexity index is 1010. The molecular formula is C28H37BrN2O6. The van der Waals surface area contributed by atoms with Crippen molar-refractivity contribution in [3.8, 4) is 0 Å². The number of hydrogen-bond donors (Lipinski definition) is 1. The molecule has 3 fully saturated rings. The fourth-order valence-corrected chi connectivity index (χ4v) is 7.30. The SMILES string of the molecule is C=CCN(CCCC)C(=O)C1N([C@@H](CO)Cc2ccccc2)C(=O)[C@@H]2[C@H](C(=O)OCC)[C@H]3OC12CC3Br. The van der Waals surface area contributed by atoms with Gasteiger partial charge in [-0.25, -0.2) is 0 Å². The number of hydrogen-bond acceptors (Lipinski definition) is 6. The topological polar surface area (TPSA) is 96.4 Å². The average molecular weight is 578 g/mol. The van der Waals surface area contributed by atoms with E-state index in [2.05, 4.69) is 29.4 Å². The molecule has 3 unspecified atom stereocenters. The summed E-state index contributed by atoms with van der Waals surface area (Å²) in [4.78, 5) is 44.7. The van der Waals surface area contributed by atoms with Gasteiger partial charge in [-0.1, -0.05) is 65.7 Å². The minimum absolute atomic E-state index is 0.187. The Morgan fingerprint density at radius 3 is 2.70 bits per heavy atom. The second-order valence-electron chi connectivity index (χ2n) is 10.1. The molecule has 0 radical (unpaired) electrons. The van der Waals surface area contributed by atoms with E-state index in [0.717, 1.165) is 18.4 Å². The predicted octanol–water partition coefficient (Wildman–Crippen LogP) is 2.72. The Kier molecular flexibility index (Phi) is 8.76. The van der Waals surface area contributed by atoms with E-state index in [1.54, 1.807) is 17.9 Å². The molecule has 3 aliphatic rings. The van der Waals surface area contributed by atoms with Gasteiger partial charge in [0.2, 0.25) is 11.8 Å². The number of halogens is 1. The van der Waals surface area contributed by atoms with E-state index < -0.39 is 41.6 Å². The highest BCUT2D eigenvalue weighted by molar-refractivity contribution is 9.09. The van der Waals surface area contributed by atoms with Crippen LogP contribution < -0.4 is 0 Å². The molecule has 8 nitrogen and oxygen atoms in total. The Hall–Kier alpha value is -2.23. The molecule has 1 aromatic rings. The van der Waals surface area contributed by atoms with Gasteiger partial charge in [0.1, 0.15) is 11.6 Å². The number of benzene rings is 1. The van der Waals surface area contributed by atoms with Gasteiger partial charge in [-0.2, -0.15) is 0 Å². The molecule has 2 bridgehead atoms. The summed E-state index contributed by atoms with van der Waals surface area (Å²) in [6.07, 6.45) is 3.62. The lowest BCUT2D eigenvalue weighted by molar-refractivity contribution is -0.156. The van der Waals surface area contributed by atoms with Crippen molar-refractivity contribution in [1.82, 2.24) is 9.80 Å². The van der Waals surface area contributed by atoms with E-state index in [0.29, 0.717) is 25.9 Å². The van der Waals surface area contributed by atoms with Crippen LogP contribution in [0.5, 0.6) is 0 Å². The number of fused-ring (bicyclic) bond motifs is 1. The Morgan fingerprint density at radius 1 is 1.35 bits per heavy atom. The normalized spacial score (nSPS) is 30.8. The summed E-state index contributed by atoms with van der Waals surface area (Å²) in [5.41, 5.74) is -0.241. The Labute approximate surface area is 227 Å². The van der Waals surface area contributed by atoms with Gasteiger partial charge in [0.25, 0.3) is 0 Å². The zero-order chi connectivity index (χ0) is 26.7. The smallest absolute Gasteiger partial charge is 0.312 e. The third kappa shape index (κ3) is 4.86. The van der Waals surface area contributed by atoms with Crippen molar-refractivity contribution < 1.29 is 29.0 Å². The van der Waals surface area contributed by atoms with Gasteiger partial charge in [-0.15, -0.1) is 6.58 Å². The molecule has 0 saturated carbocycles. The number of carbonyl (C=O) groups is 3. The maximum atomic E-state index is 14.3. The largest absolute Gasteiger partial charge is 0.466 e. The highest BCUT2D eigenvalue weighted by Gasteiger charge is 2.77. The summed E-state index contributed by atoms with van der Waals surface area (Å²) in [6, 6.07) is 7.96. The molecule has 4 rings (SSSR count). The maximum absolute atomic E-state index is 14.3.